The molecule has 2 atom stereocenters. The highest BCUT2D eigenvalue weighted by atomic mass is 32.2. The van der Waals surface area contributed by atoms with Crippen molar-refractivity contribution in [3.63, 3.8) is 0 Å². The van der Waals surface area contributed by atoms with Crippen molar-refractivity contribution in [2.45, 2.75) is 56.5 Å². The van der Waals surface area contributed by atoms with Gasteiger partial charge in [-0.3, -0.25) is 0 Å². The second kappa shape index (κ2) is 9.46. The summed E-state index contributed by atoms with van der Waals surface area (Å²) < 4.78 is 45.6. The van der Waals surface area contributed by atoms with Gasteiger partial charge in [0.05, 0.1) is 0 Å². The number of anilines is 1. The van der Waals surface area contributed by atoms with Gasteiger partial charge in [0, 0.05) is 43.0 Å². The molecule has 180 valence electrons. The first kappa shape index (κ1) is 23.0. The van der Waals surface area contributed by atoms with Crippen molar-refractivity contribution in [1.29, 1.82) is 0 Å². The highest BCUT2D eigenvalue weighted by molar-refractivity contribution is 7.89. The van der Waals surface area contributed by atoms with Crippen LogP contribution in [0.2, 0.25) is 0 Å². The van der Waals surface area contributed by atoms with Crippen molar-refractivity contribution in [2.75, 3.05) is 18.0 Å². The van der Waals surface area contributed by atoms with Gasteiger partial charge < -0.3 is 9.47 Å². The lowest BCUT2D eigenvalue weighted by molar-refractivity contribution is 0.279. The molecule has 2 aliphatic heterocycles. The molecule has 1 aromatic heterocycles. The zero-order valence-electron chi connectivity index (χ0n) is 19.3. The maximum Gasteiger partial charge on any atom is 0.221 e. The first-order chi connectivity index (χ1) is 16.4. The van der Waals surface area contributed by atoms with Crippen LogP contribution in [0.1, 0.15) is 55.0 Å². The number of piperidine rings is 1. The van der Waals surface area contributed by atoms with Gasteiger partial charge in [-0.15, -0.1) is 10.2 Å². The second-order valence-electron chi connectivity index (χ2n) is 9.32. The molecule has 0 radical (unpaired) electrons. The molecule has 0 amide bonds. The Morgan fingerprint density at radius 3 is 2.35 bits per heavy atom. The number of benzene rings is 2. The maximum absolute atomic E-state index is 15.2. The molecule has 2 aromatic carbocycles. The van der Waals surface area contributed by atoms with Crippen LogP contribution >= 0.6 is 0 Å². The molecule has 7 nitrogen and oxygen atoms in total. The summed E-state index contributed by atoms with van der Waals surface area (Å²) >= 11 is 0. The zero-order valence-corrected chi connectivity index (χ0v) is 20.1. The number of rotatable bonds is 5. The number of sulfonamides is 1. The smallest absolute Gasteiger partial charge is 0.221 e. The van der Waals surface area contributed by atoms with Gasteiger partial charge in [-0.2, -0.15) is 4.31 Å². The predicted molar refractivity (Wildman–Crippen MR) is 129 cm³/mol. The van der Waals surface area contributed by atoms with Crippen LogP contribution in [-0.2, 0) is 16.6 Å². The zero-order chi connectivity index (χ0) is 23.7. The van der Waals surface area contributed by atoms with E-state index in [1.807, 2.05) is 47.9 Å². The SMILES string of the molecule is C[C@H]1CCC(c2ccccc2)S(=O)(=O)N1Cc1ccc(N2CCC(n3cnnc3)CC2)cc1F. The van der Waals surface area contributed by atoms with Crippen LogP contribution in [0.15, 0.2) is 61.2 Å². The van der Waals surface area contributed by atoms with Crippen molar-refractivity contribution in [1.82, 2.24) is 19.1 Å². The van der Waals surface area contributed by atoms with E-state index < -0.39 is 15.3 Å². The van der Waals surface area contributed by atoms with E-state index in [1.54, 1.807) is 24.8 Å². The number of halogens is 1. The Morgan fingerprint density at radius 1 is 0.971 bits per heavy atom. The van der Waals surface area contributed by atoms with Crippen LogP contribution in [0.25, 0.3) is 0 Å². The van der Waals surface area contributed by atoms with Gasteiger partial charge in [-0.1, -0.05) is 36.4 Å². The third kappa shape index (κ3) is 4.46. The van der Waals surface area contributed by atoms with E-state index in [0.717, 1.165) is 43.6 Å². The summed E-state index contributed by atoms with van der Waals surface area (Å²) in [7, 11) is -3.60. The van der Waals surface area contributed by atoms with Crippen molar-refractivity contribution in [2.24, 2.45) is 0 Å². The molecule has 3 heterocycles. The fourth-order valence-electron chi connectivity index (χ4n) is 5.20. The average molecular weight is 484 g/mol. The number of hydrogen-bond acceptors (Lipinski definition) is 5. The van der Waals surface area contributed by atoms with Gasteiger partial charge in [0.25, 0.3) is 0 Å². The molecule has 0 N–H and O–H groups in total. The third-order valence-electron chi connectivity index (χ3n) is 7.25. The Hall–Kier alpha value is -2.78. The largest absolute Gasteiger partial charge is 0.371 e. The van der Waals surface area contributed by atoms with E-state index in [-0.39, 0.29) is 18.4 Å². The first-order valence-electron chi connectivity index (χ1n) is 11.9. The molecule has 3 aromatic rings. The minimum atomic E-state index is -3.60. The highest BCUT2D eigenvalue weighted by Crippen LogP contribution is 2.38. The van der Waals surface area contributed by atoms with Crippen LogP contribution in [0.4, 0.5) is 10.1 Å². The van der Waals surface area contributed by atoms with Crippen LogP contribution < -0.4 is 4.90 Å². The van der Waals surface area contributed by atoms with Gasteiger partial charge in [-0.25, -0.2) is 12.8 Å². The quantitative estimate of drug-likeness (QED) is 0.541. The van der Waals surface area contributed by atoms with Gasteiger partial charge in [0.1, 0.15) is 23.7 Å². The first-order valence-corrected chi connectivity index (χ1v) is 13.4. The molecule has 2 aliphatic rings. The normalized spacial score (nSPS) is 23.8. The summed E-state index contributed by atoms with van der Waals surface area (Å²) in [4.78, 5) is 2.18. The Kier molecular flexibility index (Phi) is 6.40. The van der Waals surface area contributed by atoms with Crippen LogP contribution in [0, 0.1) is 5.82 Å². The Balaban J connectivity index is 1.30. The van der Waals surface area contributed by atoms with Crippen molar-refractivity contribution in [3.8, 4) is 0 Å². The molecule has 5 rings (SSSR count). The Morgan fingerprint density at radius 2 is 1.68 bits per heavy atom. The second-order valence-corrected chi connectivity index (χ2v) is 11.4. The summed E-state index contributed by atoms with van der Waals surface area (Å²) in [6, 6.07) is 14.7. The average Bonchev–Trinajstić information content (AvgIpc) is 3.38. The van der Waals surface area contributed by atoms with E-state index in [2.05, 4.69) is 15.1 Å². The number of hydrogen-bond donors (Lipinski definition) is 0. The monoisotopic (exact) mass is 483 g/mol. The molecular weight excluding hydrogens is 453 g/mol. The lowest BCUT2D eigenvalue weighted by atomic mass is 10.0. The molecule has 2 saturated heterocycles. The Labute approximate surface area is 200 Å². The molecule has 34 heavy (non-hydrogen) atoms. The third-order valence-corrected chi connectivity index (χ3v) is 9.62. The number of aromatic nitrogens is 3. The van der Waals surface area contributed by atoms with Crippen molar-refractivity contribution in [3.05, 3.63) is 78.1 Å². The van der Waals surface area contributed by atoms with Gasteiger partial charge in [-0.05, 0) is 50.3 Å². The Bertz CT molecular complexity index is 1210. The highest BCUT2D eigenvalue weighted by Gasteiger charge is 2.40. The molecule has 0 bridgehead atoms. The fraction of sp³-hybridized carbons (Fsp3) is 0.440. The van der Waals surface area contributed by atoms with Gasteiger partial charge in [0.2, 0.25) is 10.0 Å². The topological polar surface area (TPSA) is 71.3 Å². The molecular formula is C25H30FN5O2S. The van der Waals surface area contributed by atoms with E-state index >= 15 is 4.39 Å². The van der Waals surface area contributed by atoms with E-state index in [9.17, 15) is 8.42 Å². The summed E-state index contributed by atoms with van der Waals surface area (Å²) in [6.45, 7) is 3.59. The lowest BCUT2D eigenvalue weighted by Gasteiger charge is -2.37. The van der Waals surface area contributed by atoms with Crippen LogP contribution in [0.5, 0.6) is 0 Å². The number of nitrogens with zero attached hydrogens (tertiary/aromatic N) is 5. The van der Waals surface area contributed by atoms with Crippen LogP contribution in [-0.4, -0.2) is 46.6 Å². The lowest BCUT2D eigenvalue weighted by Crippen LogP contribution is -2.44. The summed E-state index contributed by atoms with van der Waals surface area (Å²) in [5.74, 6) is -0.359. The standard InChI is InChI=1S/C25H30FN5O2S/c1-19-7-10-25(20-5-3-2-4-6-20)34(32,33)31(19)16-21-8-9-23(15-24(21)26)29-13-11-22(12-14-29)30-17-27-28-18-30/h2-6,8-9,15,17-19,22,25H,7,10-14,16H2,1H3/t19-,25?/m0/s1. The summed E-state index contributed by atoms with van der Waals surface area (Å²) in [6.07, 6.45) is 6.69. The molecule has 0 saturated carbocycles. The molecule has 1 unspecified atom stereocenters. The minimum Gasteiger partial charge on any atom is -0.371 e. The van der Waals surface area contributed by atoms with E-state index in [4.69, 9.17) is 0 Å². The predicted octanol–water partition coefficient (Wildman–Crippen LogP) is 4.31. The maximum atomic E-state index is 15.2. The van der Waals surface area contributed by atoms with Gasteiger partial charge in [0.15, 0.2) is 0 Å². The fourth-order valence-corrected chi connectivity index (χ4v) is 7.39. The van der Waals surface area contributed by atoms with Crippen LogP contribution in [0.3, 0.4) is 0 Å². The van der Waals surface area contributed by atoms with E-state index in [1.165, 1.54) is 4.31 Å². The van der Waals surface area contributed by atoms with Crippen molar-refractivity contribution < 1.29 is 12.8 Å². The van der Waals surface area contributed by atoms with Gasteiger partial charge >= 0.3 is 0 Å². The summed E-state index contributed by atoms with van der Waals surface area (Å²) in [5, 5.41) is 7.18. The minimum absolute atomic E-state index is 0.0502. The van der Waals surface area contributed by atoms with E-state index in [0.29, 0.717) is 18.0 Å². The molecule has 2 fully saturated rings. The molecule has 9 heteroatoms. The van der Waals surface area contributed by atoms with Crippen molar-refractivity contribution >= 4 is 15.7 Å². The molecule has 0 spiro atoms. The molecule has 0 aliphatic carbocycles. The summed E-state index contributed by atoms with van der Waals surface area (Å²) in [5.41, 5.74) is 2.04.